The molecule has 0 aromatic heterocycles. The summed E-state index contributed by atoms with van der Waals surface area (Å²) in [5, 5.41) is 11.9. The predicted molar refractivity (Wildman–Crippen MR) is 91.9 cm³/mol. The van der Waals surface area contributed by atoms with E-state index in [2.05, 4.69) is 18.8 Å². The van der Waals surface area contributed by atoms with Crippen LogP contribution in [0.15, 0.2) is 12.7 Å². The van der Waals surface area contributed by atoms with E-state index < -0.39 is 18.1 Å². The molecule has 1 aliphatic heterocycles. The molecule has 1 rings (SSSR count). The molecule has 0 spiro atoms. The number of hydrogen-bond donors (Lipinski definition) is 2. The fourth-order valence-electron chi connectivity index (χ4n) is 2.94. The van der Waals surface area contributed by atoms with Crippen molar-refractivity contribution in [3.8, 4) is 0 Å². The van der Waals surface area contributed by atoms with Crippen molar-refractivity contribution in [3.05, 3.63) is 12.7 Å². The van der Waals surface area contributed by atoms with E-state index in [0.29, 0.717) is 13.2 Å². The molecule has 1 saturated heterocycles. The van der Waals surface area contributed by atoms with Crippen LogP contribution in [0.4, 0.5) is 4.79 Å². The van der Waals surface area contributed by atoms with Crippen LogP contribution in [-0.2, 0) is 14.3 Å². The van der Waals surface area contributed by atoms with Crippen LogP contribution in [0.3, 0.4) is 0 Å². The Morgan fingerprint density at radius 3 is 2.79 bits per heavy atom. The van der Waals surface area contributed by atoms with Crippen LogP contribution in [-0.4, -0.2) is 42.5 Å². The van der Waals surface area contributed by atoms with Gasteiger partial charge >= 0.3 is 12.1 Å². The summed E-state index contributed by atoms with van der Waals surface area (Å²) in [6, 6.07) is -0.925. The van der Waals surface area contributed by atoms with Crippen LogP contribution in [0.25, 0.3) is 0 Å². The van der Waals surface area contributed by atoms with Gasteiger partial charge in [-0.05, 0) is 31.6 Å². The van der Waals surface area contributed by atoms with E-state index in [-0.39, 0.29) is 17.9 Å². The zero-order valence-corrected chi connectivity index (χ0v) is 14.8. The first-order chi connectivity index (χ1) is 11.5. The van der Waals surface area contributed by atoms with E-state index in [0.717, 1.165) is 38.5 Å². The molecule has 1 heterocycles. The molecule has 3 unspecified atom stereocenters. The third kappa shape index (κ3) is 6.91. The van der Waals surface area contributed by atoms with Crippen LogP contribution in [0.5, 0.6) is 0 Å². The van der Waals surface area contributed by atoms with Gasteiger partial charge in [-0.2, -0.15) is 0 Å². The van der Waals surface area contributed by atoms with Crippen LogP contribution in [0.1, 0.15) is 52.4 Å². The number of hydrogen-bond acceptors (Lipinski definition) is 4. The normalized spacial score (nSPS) is 22.6. The van der Waals surface area contributed by atoms with Crippen LogP contribution >= 0.6 is 0 Å². The first-order valence-electron chi connectivity index (χ1n) is 8.88. The van der Waals surface area contributed by atoms with E-state index in [1.54, 1.807) is 0 Å². The molecule has 0 aromatic rings. The highest BCUT2D eigenvalue weighted by atomic mass is 16.6. The maximum atomic E-state index is 12.1. The topological polar surface area (TPSA) is 84.9 Å². The molecule has 0 aliphatic carbocycles. The molecule has 6 heteroatoms. The molecular formula is C18H31NO5. The van der Waals surface area contributed by atoms with Crippen molar-refractivity contribution >= 4 is 12.1 Å². The second-order valence-electron chi connectivity index (χ2n) is 6.54. The first-order valence-corrected chi connectivity index (χ1v) is 8.88. The Morgan fingerprint density at radius 2 is 2.17 bits per heavy atom. The van der Waals surface area contributed by atoms with Gasteiger partial charge in [0.2, 0.25) is 0 Å². The van der Waals surface area contributed by atoms with Gasteiger partial charge in [0.15, 0.2) is 0 Å². The minimum atomic E-state index is -1.03. The van der Waals surface area contributed by atoms with Crippen LogP contribution < -0.4 is 5.32 Å². The number of carboxylic acids is 1. The molecule has 2 N–H and O–H groups in total. The summed E-state index contributed by atoms with van der Waals surface area (Å²) in [5.74, 6) is -1.00. The van der Waals surface area contributed by atoms with E-state index in [1.165, 1.54) is 0 Å². The Kier molecular flexibility index (Phi) is 9.45. The van der Waals surface area contributed by atoms with Gasteiger partial charge in [-0.1, -0.05) is 32.8 Å². The Morgan fingerprint density at radius 1 is 1.42 bits per heavy atom. The van der Waals surface area contributed by atoms with Gasteiger partial charge in [0, 0.05) is 5.92 Å². The molecule has 1 fully saturated rings. The van der Waals surface area contributed by atoms with Gasteiger partial charge < -0.3 is 19.9 Å². The molecule has 1 aliphatic rings. The van der Waals surface area contributed by atoms with Gasteiger partial charge in [0.05, 0.1) is 13.2 Å². The molecule has 4 atom stereocenters. The van der Waals surface area contributed by atoms with Crippen LogP contribution in [0, 0.1) is 11.8 Å². The van der Waals surface area contributed by atoms with Crippen molar-refractivity contribution in [1.82, 2.24) is 5.32 Å². The fraction of sp³-hybridized carbons (Fsp3) is 0.778. The van der Waals surface area contributed by atoms with Gasteiger partial charge in [0.1, 0.15) is 12.1 Å². The summed E-state index contributed by atoms with van der Waals surface area (Å²) >= 11 is 0. The number of rotatable bonds is 11. The zero-order valence-electron chi connectivity index (χ0n) is 14.8. The summed E-state index contributed by atoms with van der Waals surface area (Å²) in [4.78, 5) is 23.5. The largest absolute Gasteiger partial charge is 0.480 e. The lowest BCUT2D eigenvalue weighted by Crippen LogP contribution is -2.46. The lowest BCUT2D eigenvalue weighted by Gasteiger charge is -2.23. The van der Waals surface area contributed by atoms with Gasteiger partial charge in [-0.15, -0.1) is 6.58 Å². The average molecular weight is 341 g/mol. The average Bonchev–Trinajstić information content (AvgIpc) is 2.97. The van der Waals surface area contributed by atoms with E-state index in [9.17, 15) is 14.7 Å². The SMILES string of the molecule is C=CCCCC1COCC1OC(=O)N[C@H](C(=O)O)C(C)CCCC. The number of carboxylic acid groups (broad SMARTS) is 1. The number of carbonyl (C=O) groups is 2. The molecule has 138 valence electrons. The predicted octanol–water partition coefficient (Wildman–Crippen LogP) is 3.36. The van der Waals surface area contributed by atoms with Crippen molar-refractivity contribution in [1.29, 1.82) is 0 Å². The quantitative estimate of drug-likeness (QED) is 0.444. The van der Waals surface area contributed by atoms with Crippen molar-refractivity contribution < 1.29 is 24.2 Å². The van der Waals surface area contributed by atoms with Crippen molar-refractivity contribution in [3.63, 3.8) is 0 Å². The summed E-state index contributed by atoms with van der Waals surface area (Å²) in [7, 11) is 0. The second kappa shape index (κ2) is 11.1. The number of alkyl carbamates (subject to hydrolysis) is 1. The van der Waals surface area contributed by atoms with Gasteiger partial charge in [0.25, 0.3) is 0 Å². The van der Waals surface area contributed by atoms with Crippen molar-refractivity contribution in [2.24, 2.45) is 11.8 Å². The lowest BCUT2D eigenvalue weighted by molar-refractivity contribution is -0.140. The Labute approximate surface area is 144 Å². The number of carbonyl (C=O) groups excluding carboxylic acids is 1. The molecule has 0 radical (unpaired) electrons. The molecule has 0 saturated carbocycles. The van der Waals surface area contributed by atoms with E-state index >= 15 is 0 Å². The molecule has 1 amide bonds. The maximum Gasteiger partial charge on any atom is 0.408 e. The Balaban J connectivity index is 2.49. The fourth-order valence-corrected chi connectivity index (χ4v) is 2.94. The molecular weight excluding hydrogens is 310 g/mol. The van der Waals surface area contributed by atoms with Crippen molar-refractivity contribution in [2.75, 3.05) is 13.2 Å². The lowest BCUT2D eigenvalue weighted by atomic mass is 9.96. The minimum absolute atomic E-state index is 0.141. The Bertz CT molecular complexity index is 412. The van der Waals surface area contributed by atoms with E-state index in [4.69, 9.17) is 9.47 Å². The van der Waals surface area contributed by atoms with Gasteiger partial charge in [-0.25, -0.2) is 9.59 Å². The van der Waals surface area contributed by atoms with Gasteiger partial charge in [-0.3, -0.25) is 0 Å². The zero-order chi connectivity index (χ0) is 17.9. The highest BCUT2D eigenvalue weighted by Gasteiger charge is 2.33. The monoisotopic (exact) mass is 341 g/mol. The third-order valence-electron chi connectivity index (χ3n) is 4.50. The summed E-state index contributed by atoms with van der Waals surface area (Å²) in [6.45, 7) is 8.53. The number of aliphatic carboxylic acids is 1. The second-order valence-corrected chi connectivity index (χ2v) is 6.54. The standard InChI is InChI=1S/C18H31NO5/c1-4-6-8-10-14-11-23-12-15(14)24-18(22)19-16(17(20)21)13(3)9-7-5-2/h4,13-16H,1,5-12H2,2-3H3,(H,19,22)(H,20,21)/t13?,14?,15?,16-/m0/s1. The molecule has 0 aromatic carbocycles. The number of unbranched alkanes of at least 4 members (excludes halogenated alkanes) is 2. The maximum absolute atomic E-state index is 12.1. The summed E-state index contributed by atoms with van der Waals surface area (Å²) < 4.78 is 10.8. The number of nitrogens with one attached hydrogen (secondary N) is 1. The molecule has 24 heavy (non-hydrogen) atoms. The van der Waals surface area contributed by atoms with Crippen LogP contribution in [0.2, 0.25) is 0 Å². The highest BCUT2D eigenvalue weighted by molar-refractivity contribution is 5.80. The minimum Gasteiger partial charge on any atom is -0.480 e. The number of amides is 1. The molecule has 6 nitrogen and oxygen atoms in total. The Hall–Kier alpha value is -1.56. The smallest absolute Gasteiger partial charge is 0.408 e. The van der Waals surface area contributed by atoms with Crippen molar-refractivity contribution in [2.45, 2.75) is 64.5 Å². The summed E-state index contributed by atoms with van der Waals surface area (Å²) in [5.41, 5.74) is 0. The first kappa shape index (κ1) is 20.5. The number of allylic oxidation sites excluding steroid dienone is 1. The molecule has 0 bridgehead atoms. The third-order valence-corrected chi connectivity index (χ3v) is 4.50. The summed E-state index contributed by atoms with van der Waals surface area (Å²) in [6.07, 6.45) is 6.37. The van der Waals surface area contributed by atoms with E-state index in [1.807, 2.05) is 13.0 Å². The number of ether oxygens (including phenoxy) is 2. The highest BCUT2D eigenvalue weighted by Crippen LogP contribution is 2.23.